The fourth-order valence-corrected chi connectivity index (χ4v) is 4.29. The van der Waals surface area contributed by atoms with E-state index >= 15 is 0 Å². The summed E-state index contributed by atoms with van der Waals surface area (Å²) in [5, 5.41) is 28.0. The Morgan fingerprint density at radius 1 is 1.24 bits per heavy atom. The summed E-state index contributed by atoms with van der Waals surface area (Å²) in [6, 6.07) is 0.821. The first-order valence-electron chi connectivity index (χ1n) is 12.3. The molecule has 1 aromatic rings. The summed E-state index contributed by atoms with van der Waals surface area (Å²) in [7, 11) is 0. The van der Waals surface area contributed by atoms with E-state index in [2.05, 4.69) is 10.5 Å². The molecular weight excluding hydrogens is 489 g/mol. The van der Waals surface area contributed by atoms with Crippen molar-refractivity contribution in [1.29, 1.82) is 0 Å². The molecule has 10 heteroatoms. The molecule has 0 fully saturated rings. The molecule has 7 nitrogen and oxygen atoms in total. The number of rotatable bonds is 2. The van der Waals surface area contributed by atoms with Crippen LogP contribution >= 0.6 is 0 Å². The van der Waals surface area contributed by atoms with Gasteiger partial charge in [-0.2, -0.15) is 13.2 Å². The van der Waals surface area contributed by atoms with Crippen molar-refractivity contribution in [2.75, 3.05) is 0 Å². The molecule has 1 aliphatic heterocycles. The van der Waals surface area contributed by atoms with Gasteiger partial charge in [0.25, 0.3) is 0 Å². The molecule has 206 valence electrons. The number of carbonyl (C=O) groups excluding carboxylic acids is 2. The van der Waals surface area contributed by atoms with Gasteiger partial charge in [-0.1, -0.05) is 51.1 Å². The Morgan fingerprint density at radius 3 is 2.46 bits per heavy atom. The van der Waals surface area contributed by atoms with Crippen LogP contribution in [0.4, 0.5) is 13.2 Å². The largest absolute Gasteiger partial charge is 0.412 e. The number of hydrogen-bond donors (Lipinski definition) is 3. The van der Waals surface area contributed by atoms with Gasteiger partial charge in [-0.05, 0) is 38.3 Å². The maximum atomic E-state index is 13.8. The Balaban J connectivity index is 2.50. The maximum Gasteiger partial charge on any atom is 0.412 e. The van der Waals surface area contributed by atoms with Crippen LogP contribution in [-0.4, -0.2) is 51.5 Å². The molecule has 2 heterocycles. The highest BCUT2D eigenvalue weighted by atomic mass is 19.4. The van der Waals surface area contributed by atoms with Gasteiger partial charge >= 0.3 is 6.18 Å². The third kappa shape index (κ3) is 8.13. The standard InChI is InChI=1S/C27H37F3N2O5/c1-15-8-7-9-19(27(28,29)30)10-11-21(16(2)12-20-13-17(3)37-32-20)31-23(34)14-22(33)26(5,6)25(36)18(4)24(15)35/h7-8,10,12-13,15,18,21-22,24,33,35H,9,11,14H2,1-6H3,(H,31,34)/b8-7+,16-12+,19-10+/t15-,18+,21-,22-,24-/m0/s1. The predicted molar refractivity (Wildman–Crippen MR) is 133 cm³/mol. The number of ketones is 1. The van der Waals surface area contributed by atoms with Crippen LogP contribution in [0.1, 0.15) is 65.3 Å². The van der Waals surface area contributed by atoms with E-state index in [-0.39, 0.29) is 6.42 Å². The number of aliphatic hydroxyl groups is 2. The fourth-order valence-electron chi connectivity index (χ4n) is 4.29. The van der Waals surface area contributed by atoms with Gasteiger partial charge in [-0.3, -0.25) is 9.59 Å². The molecule has 0 saturated heterocycles. The zero-order valence-corrected chi connectivity index (χ0v) is 22.1. The first-order valence-corrected chi connectivity index (χ1v) is 12.3. The normalized spacial score (nSPS) is 31.4. The molecule has 1 aliphatic rings. The number of nitrogens with zero attached hydrogens (tertiary/aromatic N) is 1. The number of aryl methyl sites for hydroxylation is 1. The summed E-state index contributed by atoms with van der Waals surface area (Å²) in [5.41, 5.74) is -1.16. The lowest BCUT2D eigenvalue weighted by atomic mass is 9.73. The Morgan fingerprint density at radius 2 is 1.89 bits per heavy atom. The fraction of sp³-hybridized carbons (Fsp3) is 0.593. The third-order valence-electron chi connectivity index (χ3n) is 6.96. The Labute approximate surface area is 215 Å². The van der Waals surface area contributed by atoms with Crippen LogP contribution in [0.25, 0.3) is 6.08 Å². The first-order chi connectivity index (χ1) is 17.0. The minimum atomic E-state index is -4.60. The quantitative estimate of drug-likeness (QED) is 0.482. The number of carbonyl (C=O) groups is 2. The summed E-state index contributed by atoms with van der Waals surface area (Å²) in [6.45, 7) is 9.49. The molecule has 0 bridgehead atoms. The second-order valence-electron chi connectivity index (χ2n) is 10.4. The van der Waals surface area contributed by atoms with E-state index in [0.717, 1.165) is 6.08 Å². The molecule has 5 atom stereocenters. The smallest absolute Gasteiger partial charge is 0.392 e. The summed E-state index contributed by atoms with van der Waals surface area (Å²) in [5.74, 6) is -2.05. The summed E-state index contributed by atoms with van der Waals surface area (Å²) < 4.78 is 46.3. The van der Waals surface area contributed by atoms with E-state index in [1.165, 1.54) is 32.9 Å². The van der Waals surface area contributed by atoms with Crippen LogP contribution in [-0.2, 0) is 9.59 Å². The van der Waals surface area contributed by atoms with Gasteiger partial charge in [0, 0.05) is 23.5 Å². The van der Waals surface area contributed by atoms with Crippen molar-refractivity contribution in [3.05, 3.63) is 46.9 Å². The number of Topliss-reactive ketones (excluding diaryl/α,β-unsaturated/α-hetero) is 1. The lowest BCUT2D eigenvalue weighted by Crippen LogP contribution is -2.47. The van der Waals surface area contributed by atoms with Crippen molar-refractivity contribution in [2.45, 2.75) is 85.2 Å². The van der Waals surface area contributed by atoms with E-state index < -0.39 is 71.8 Å². The number of hydrogen-bond acceptors (Lipinski definition) is 6. The Kier molecular flexibility index (Phi) is 10.1. The SMILES string of the molecule is C/C(=C\c1cc(C)on1)[C@@H]1C/C=C(/C(F)(F)F)C/C=C/[C@H](C)[C@H](O)[C@@H](C)C(=O)C(C)(C)[C@@H](O)CC(=O)N1. The zero-order valence-electron chi connectivity index (χ0n) is 22.1. The molecule has 0 radical (unpaired) electrons. The van der Waals surface area contributed by atoms with Crippen molar-refractivity contribution in [1.82, 2.24) is 10.5 Å². The van der Waals surface area contributed by atoms with Gasteiger partial charge in [0.15, 0.2) is 0 Å². The van der Waals surface area contributed by atoms with Crippen molar-refractivity contribution in [3.63, 3.8) is 0 Å². The van der Waals surface area contributed by atoms with Crippen molar-refractivity contribution in [2.24, 2.45) is 17.3 Å². The topological polar surface area (TPSA) is 113 Å². The van der Waals surface area contributed by atoms with Gasteiger partial charge in [-0.25, -0.2) is 0 Å². The number of aromatic nitrogens is 1. The number of amides is 1. The minimum Gasteiger partial charge on any atom is -0.392 e. The van der Waals surface area contributed by atoms with E-state index in [4.69, 9.17) is 4.52 Å². The summed E-state index contributed by atoms with van der Waals surface area (Å²) >= 11 is 0. The second-order valence-corrected chi connectivity index (χ2v) is 10.4. The van der Waals surface area contributed by atoms with E-state index in [1.807, 2.05) is 0 Å². The van der Waals surface area contributed by atoms with Crippen molar-refractivity contribution in [3.8, 4) is 0 Å². The molecule has 0 unspecified atom stereocenters. The maximum absolute atomic E-state index is 13.8. The number of allylic oxidation sites excluding steroid dienone is 2. The third-order valence-corrected chi connectivity index (χ3v) is 6.96. The predicted octanol–water partition coefficient (Wildman–Crippen LogP) is 4.69. The molecule has 1 aromatic heterocycles. The van der Waals surface area contributed by atoms with Crippen LogP contribution in [0.15, 0.2) is 40.0 Å². The number of alkyl halides is 3. The Bertz CT molecular complexity index is 1050. The van der Waals surface area contributed by atoms with Gasteiger partial charge < -0.3 is 20.1 Å². The first kappa shape index (κ1) is 30.5. The van der Waals surface area contributed by atoms with Crippen LogP contribution in [0.2, 0.25) is 0 Å². The van der Waals surface area contributed by atoms with Crippen LogP contribution < -0.4 is 5.32 Å². The molecule has 0 spiro atoms. The van der Waals surface area contributed by atoms with Gasteiger partial charge in [0.2, 0.25) is 5.91 Å². The summed E-state index contributed by atoms with van der Waals surface area (Å²) in [4.78, 5) is 26.0. The Hall–Kier alpha value is -2.72. The molecule has 0 saturated carbocycles. The van der Waals surface area contributed by atoms with Crippen LogP contribution in [0.3, 0.4) is 0 Å². The average molecular weight is 527 g/mol. The molecule has 3 N–H and O–H groups in total. The molecule has 0 aliphatic carbocycles. The van der Waals surface area contributed by atoms with Crippen molar-refractivity contribution < 1.29 is 37.5 Å². The molecule has 37 heavy (non-hydrogen) atoms. The van der Waals surface area contributed by atoms with Gasteiger partial charge in [0.05, 0.1) is 30.1 Å². The molecule has 1 amide bonds. The summed E-state index contributed by atoms with van der Waals surface area (Å²) in [6.07, 6.45) is -2.76. The molecular formula is C27H37F3N2O5. The van der Waals surface area contributed by atoms with Gasteiger partial charge in [-0.15, -0.1) is 0 Å². The molecule has 0 aromatic carbocycles. The minimum absolute atomic E-state index is 0.165. The van der Waals surface area contributed by atoms with Crippen LogP contribution in [0, 0.1) is 24.2 Å². The monoisotopic (exact) mass is 526 g/mol. The second kappa shape index (κ2) is 12.2. The lowest BCUT2D eigenvalue weighted by molar-refractivity contribution is -0.142. The number of halogens is 3. The van der Waals surface area contributed by atoms with Crippen LogP contribution in [0.5, 0.6) is 0 Å². The van der Waals surface area contributed by atoms with Gasteiger partial charge in [0.1, 0.15) is 17.2 Å². The molecule has 2 rings (SSSR count). The number of nitrogens with one attached hydrogen (secondary N) is 1. The highest BCUT2D eigenvalue weighted by Crippen LogP contribution is 2.33. The van der Waals surface area contributed by atoms with E-state index in [0.29, 0.717) is 17.0 Å². The zero-order chi connectivity index (χ0) is 28.1. The highest BCUT2D eigenvalue weighted by molar-refractivity contribution is 5.88. The van der Waals surface area contributed by atoms with E-state index in [1.54, 1.807) is 32.9 Å². The highest BCUT2D eigenvalue weighted by Gasteiger charge is 2.42. The average Bonchev–Trinajstić information content (AvgIpc) is 3.21. The van der Waals surface area contributed by atoms with E-state index in [9.17, 15) is 33.0 Å². The number of aliphatic hydroxyl groups excluding tert-OH is 2. The van der Waals surface area contributed by atoms with Crippen molar-refractivity contribution >= 4 is 17.8 Å². The lowest BCUT2D eigenvalue weighted by Gasteiger charge is -2.34.